The summed E-state index contributed by atoms with van der Waals surface area (Å²) < 4.78 is 0. The van der Waals surface area contributed by atoms with Gasteiger partial charge in [-0.15, -0.1) is 0 Å². The summed E-state index contributed by atoms with van der Waals surface area (Å²) in [5.74, 6) is 0. The normalized spacial score (nSPS) is 41.4. The van der Waals surface area contributed by atoms with Gasteiger partial charge in [-0.3, -0.25) is 4.90 Å². The fourth-order valence-electron chi connectivity index (χ4n) is 3.30. The van der Waals surface area contributed by atoms with Crippen molar-refractivity contribution in [3.8, 4) is 0 Å². The van der Waals surface area contributed by atoms with Crippen LogP contribution in [0, 0.1) is 0 Å². The largest absolute Gasteiger partial charge is 0.392 e. The van der Waals surface area contributed by atoms with Crippen molar-refractivity contribution in [3.05, 3.63) is 0 Å². The van der Waals surface area contributed by atoms with Gasteiger partial charge in [0.05, 0.1) is 6.10 Å². The topological polar surface area (TPSA) is 35.5 Å². The van der Waals surface area contributed by atoms with Gasteiger partial charge in [0.1, 0.15) is 0 Å². The van der Waals surface area contributed by atoms with Crippen LogP contribution in [0.25, 0.3) is 0 Å². The maximum atomic E-state index is 9.94. The Labute approximate surface area is 98.2 Å². The molecule has 3 rings (SSSR count). The van der Waals surface area contributed by atoms with E-state index in [1.807, 2.05) is 0 Å². The first-order valence-corrected chi connectivity index (χ1v) is 7.01. The highest BCUT2D eigenvalue weighted by Gasteiger charge is 2.35. The van der Waals surface area contributed by atoms with E-state index in [0.717, 1.165) is 12.5 Å². The Balaban J connectivity index is 1.47. The SMILES string of the molecule is O[C@H]1CCCC[C@@H]1NC1CCN(C2CC2)C1. The molecule has 0 spiro atoms. The summed E-state index contributed by atoms with van der Waals surface area (Å²) in [6, 6.07) is 1.92. The van der Waals surface area contributed by atoms with E-state index in [1.165, 1.54) is 51.6 Å². The fraction of sp³-hybridized carbons (Fsp3) is 1.00. The van der Waals surface area contributed by atoms with Gasteiger partial charge < -0.3 is 10.4 Å². The predicted octanol–water partition coefficient (Wildman–Crippen LogP) is 1.12. The quantitative estimate of drug-likeness (QED) is 0.754. The monoisotopic (exact) mass is 224 g/mol. The summed E-state index contributed by atoms with van der Waals surface area (Å²) in [6.45, 7) is 2.49. The summed E-state index contributed by atoms with van der Waals surface area (Å²) >= 11 is 0. The highest BCUT2D eigenvalue weighted by atomic mass is 16.3. The lowest BCUT2D eigenvalue weighted by Gasteiger charge is -2.31. The lowest BCUT2D eigenvalue weighted by Crippen LogP contribution is -2.48. The third-order valence-corrected chi connectivity index (χ3v) is 4.46. The van der Waals surface area contributed by atoms with Crippen LogP contribution in [-0.2, 0) is 0 Å². The molecule has 1 saturated heterocycles. The molecule has 0 aromatic heterocycles. The van der Waals surface area contributed by atoms with Crippen molar-refractivity contribution in [2.75, 3.05) is 13.1 Å². The van der Waals surface area contributed by atoms with Crippen molar-refractivity contribution in [3.63, 3.8) is 0 Å². The van der Waals surface area contributed by atoms with Crippen LogP contribution in [0.5, 0.6) is 0 Å². The molecule has 3 heteroatoms. The van der Waals surface area contributed by atoms with Crippen molar-refractivity contribution < 1.29 is 5.11 Å². The van der Waals surface area contributed by atoms with E-state index in [4.69, 9.17) is 0 Å². The van der Waals surface area contributed by atoms with Crippen LogP contribution < -0.4 is 5.32 Å². The van der Waals surface area contributed by atoms with E-state index in [1.54, 1.807) is 0 Å². The summed E-state index contributed by atoms with van der Waals surface area (Å²) in [7, 11) is 0. The van der Waals surface area contributed by atoms with Crippen LogP contribution in [0.2, 0.25) is 0 Å². The van der Waals surface area contributed by atoms with E-state index in [2.05, 4.69) is 10.2 Å². The van der Waals surface area contributed by atoms with Crippen LogP contribution in [0.1, 0.15) is 44.9 Å². The van der Waals surface area contributed by atoms with Crippen molar-refractivity contribution in [1.29, 1.82) is 0 Å². The van der Waals surface area contributed by atoms with Crippen LogP contribution in [0.15, 0.2) is 0 Å². The maximum absolute atomic E-state index is 9.94. The van der Waals surface area contributed by atoms with E-state index in [-0.39, 0.29) is 6.10 Å². The van der Waals surface area contributed by atoms with Gasteiger partial charge in [0.2, 0.25) is 0 Å². The van der Waals surface area contributed by atoms with E-state index >= 15 is 0 Å². The fourth-order valence-corrected chi connectivity index (χ4v) is 3.30. The second-order valence-corrected chi connectivity index (χ2v) is 5.84. The molecule has 3 fully saturated rings. The molecule has 2 aliphatic carbocycles. The lowest BCUT2D eigenvalue weighted by atomic mass is 9.92. The van der Waals surface area contributed by atoms with Gasteiger partial charge in [-0.25, -0.2) is 0 Å². The molecule has 3 aliphatic rings. The molecule has 0 aromatic rings. The Bertz CT molecular complexity index is 242. The molecule has 2 N–H and O–H groups in total. The molecule has 1 aliphatic heterocycles. The first kappa shape index (κ1) is 11.0. The number of nitrogens with one attached hydrogen (secondary N) is 1. The summed E-state index contributed by atoms with van der Waals surface area (Å²) in [5.41, 5.74) is 0. The van der Waals surface area contributed by atoms with E-state index in [9.17, 15) is 5.11 Å². The van der Waals surface area contributed by atoms with Crippen LogP contribution in [-0.4, -0.2) is 47.3 Å². The van der Waals surface area contributed by atoms with Gasteiger partial charge in [-0.05, 0) is 32.1 Å². The zero-order valence-corrected chi connectivity index (χ0v) is 10.1. The van der Waals surface area contributed by atoms with Gasteiger partial charge in [0, 0.05) is 31.2 Å². The number of rotatable bonds is 3. The molecule has 2 saturated carbocycles. The predicted molar refractivity (Wildman–Crippen MR) is 64.4 cm³/mol. The van der Waals surface area contributed by atoms with Crippen LogP contribution in [0.3, 0.4) is 0 Å². The number of nitrogens with zero attached hydrogens (tertiary/aromatic N) is 1. The Morgan fingerprint density at radius 1 is 1.00 bits per heavy atom. The number of aliphatic hydroxyl groups is 1. The Hall–Kier alpha value is -0.120. The van der Waals surface area contributed by atoms with Gasteiger partial charge in [0.25, 0.3) is 0 Å². The molecule has 0 aromatic carbocycles. The van der Waals surface area contributed by atoms with Gasteiger partial charge in [-0.2, -0.15) is 0 Å². The third-order valence-electron chi connectivity index (χ3n) is 4.46. The molecule has 3 atom stereocenters. The van der Waals surface area contributed by atoms with Crippen molar-refractivity contribution in [2.45, 2.75) is 69.2 Å². The highest BCUT2D eigenvalue weighted by molar-refractivity contribution is 4.94. The Morgan fingerprint density at radius 2 is 1.81 bits per heavy atom. The molecule has 3 nitrogen and oxygen atoms in total. The average molecular weight is 224 g/mol. The molecule has 92 valence electrons. The lowest BCUT2D eigenvalue weighted by molar-refractivity contribution is 0.0851. The number of hydrogen-bond acceptors (Lipinski definition) is 3. The zero-order chi connectivity index (χ0) is 11.0. The van der Waals surface area contributed by atoms with Crippen molar-refractivity contribution in [2.24, 2.45) is 0 Å². The molecular weight excluding hydrogens is 200 g/mol. The second-order valence-electron chi connectivity index (χ2n) is 5.84. The summed E-state index contributed by atoms with van der Waals surface area (Å²) in [5, 5.41) is 13.6. The van der Waals surface area contributed by atoms with Gasteiger partial charge in [0.15, 0.2) is 0 Å². The Morgan fingerprint density at radius 3 is 2.56 bits per heavy atom. The molecule has 0 radical (unpaired) electrons. The molecular formula is C13H24N2O. The second kappa shape index (κ2) is 4.63. The first-order valence-electron chi connectivity index (χ1n) is 7.01. The van der Waals surface area contributed by atoms with Crippen molar-refractivity contribution >= 4 is 0 Å². The highest BCUT2D eigenvalue weighted by Crippen LogP contribution is 2.30. The van der Waals surface area contributed by atoms with Crippen LogP contribution in [0.4, 0.5) is 0 Å². The van der Waals surface area contributed by atoms with E-state index < -0.39 is 0 Å². The minimum Gasteiger partial charge on any atom is -0.392 e. The molecule has 1 heterocycles. The standard InChI is InChI=1S/C13H24N2O/c16-13-4-2-1-3-12(13)14-10-7-8-15(9-10)11-5-6-11/h10-14,16H,1-9H2/t10?,12-,13-/m0/s1. The third kappa shape index (κ3) is 2.41. The Kier molecular flexibility index (Phi) is 3.18. The minimum absolute atomic E-state index is 0.0938. The number of likely N-dealkylation sites (tertiary alicyclic amines) is 1. The first-order chi connectivity index (χ1) is 7.83. The van der Waals surface area contributed by atoms with Gasteiger partial charge in [-0.1, -0.05) is 12.8 Å². The molecule has 1 unspecified atom stereocenters. The van der Waals surface area contributed by atoms with E-state index in [0.29, 0.717) is 12.1 Å². The van der Waals surface area contributed by atoms with Crippen LogP contribution >= 0.6 is 0 Å². The smallest absolute Gasteiger partial charge is 0.0693 e. The van der Waals surface area contributed by atoms with Gasteiger partial charge >= 0.3 is 0 Å². The number of hydrogen-bond donors (Lipinski definition) is 2. The number of aliphatic hydroxyl groups excluding tert-OH is 1. The zero-order valence-electron chi connectivity index (χ0n) is 10.1. The maximum Gasteiger partial charge on any atom is 0.0693 e. The molecule has 16 heavy (non-hydrogen) atoms. The van der Waals surface area contributed by atoms with Crippen molar-refractivity contribution in [1.82, 2.24) is 10.2 Å². The average Bonchev–Trinajstić information content (AvgIpc) is 3.03. The molecule has 0 amide bonds. The molecule has 0 bridgehead atoms. The summed E-state index contributed by atoms with van der Waals surface area (Å²) in [6.07, 6.45) is 8.67. The summed E-state index contributed by atoms with van der Waals surface area (Å²) in [4.78, 5) is 2.63. The minimum atomic E-state index is -0.0938.